The zero-order valence-corrected chi connectivity index (χ0v) is 22.2. The second kappa shape index (κ2) is 17.3. The molecule has 2 unspecified atom stereocenters. The van der Waals surface area contributed by atoms with Crippen LogP contribution in [0, 0.1) is 10.1 Å². The zero-order chi connectivity index (χ0) is 27.7. The monoisotopic (exact) mass is 503 g/mol. The summed E-state index contributed by atoms with van der Waals surface area (Å²) in [7, 11) is -0.278. The molecule has 0 saturated heterocycles. The number of carbonyl (C=O) groups is 1. The van der Waals surface area contributed by atoms with E-state index in [-0.39, 0.29) is 43.5 Å². The van der Waals surface area contributed by atoms with Gasteiger partial charge in [0.1, 0.15) is 0 Å². The van der Waals surface area contributed by atoms with E-state index >= 15 is 0 Å². The molecule has 1 amide bonds. The molecule has 0 spiro atoms. The van der Waals surface area contributed by atoms with Gasteiger partial charge in [-0.3, -0.25) is 19.9 Å². The number of nitro benzene ring substituents is 1. The van der Waals surface area contributed by atoms with E-state index in [1.807, 2.05) is 34.6 Å². The van der Waals surface area contributed by atoms with Crippen molar-refractivity contribution in [3.63, 3.8) is 0 Å². The van der Waals surface area contributed by atoms with Gasteiger partial charge in [0.15, 0.2) is 6.40 Å². The standard InChI is InChI=1S/C22H37N4O5P.CH4O/c1-8-10-22(27)24-14-19-11-12-21(26(28)29)20(13-19)18(7)31-32(30-15-23-9-2)25(16(3)4)17(5)6;1-2/h11-13,15-18H,8-10,14H2,1-7H3,(H,24,27);2H,1H3/i1D;2T. The first kappa shape index (κ1) is 28.1. The Bertz CT molecular complexity index is 809. The van der Waals surface area contributed by atoms with Gasteiger partial charge >= 0.3 is 8.53 Å². The van der Waals surface area contributed by atoms with Crippen molar-refractivity contribution in [3.8, 4) is 0 Å². The number of benzene rings is 1. The summed E-state index contributed by atoms with van der Waals surface area (Å²) in [5.74, 6) is -0.150. The van der Waals surface area contributed by atoms with E-state index in [0.717, 1.165) is 5.56 Å². The first-order chi connectivity index (χ1) is 17.0. The van der Waals surface area contributed by atoms with Gasteiger partial charge in [0.2, 0.25) is 7.34 Å². The predicted molar refractivity (Wildman–Crippen MR) is 137 cm³/mol. The Kier molecular flexibility index (Phi) is 14.3. The number of hydrogen-bond donors (Lipinski definition) is 2. The van der Waals surface area contributed by atoms with Gasteiger partial charge in [-0.2, -0.15) is 0 Å². The van der Waals surface area contributed by atoms with Crippen LogP contribution in [0.15, 0.2) is 23.2 Å². The molecule has 0 saturated carbocycles. The summed E-state index contributed by atoms with van der Waals surface area (Å²) in [6, 6.07) is 5.00. The van der Waals surface area contributed by atoms with Crippen molar-refractivity contribution in [2.24, 2.45) is 4.99 Å². The SMILES string of the molecule is [2H]CCCC(=O)NCc1ccc([N+](=O)[O-])c(C(C)OP(OC=NCC)N(C(C)C)C(C)C)c1.[3H]OC. The first-order valence-electron chi connectivity index (χ1n) is 12.4. The van der Waals surface area contributed by atoms with Crippen molar-refractivity contribution in [3.05, 3.63) is 39.4 Å². The fraction of sp³-hybridized carbons (Fsp3) is 0.652. The molecule has 0 bridgehead atoms. The van der Waals surface area contributed by atoms with E-state index in [2.05, 4.69) is 20.1 Å². The third-order valence-electron chi connectivity index (χ3n) is 4.51. The van der Waals surface area contributed by atoms with Gasteiger partial charge in [-0.15, -0.1) is 0 Å². The number of amides is 1. The summed E-state index contributed by atoms with van der Waals surface area (Å²) >= 11 is 0. The molecular formula is C23H41N4O6P. The summed E-state index contributed by atoms with van der Waals surface area (Å²) in [6.45, 7) is 12.8. The normalized spacial score (nSPS) is 13.8. The van der Waals surface area contributed by atoms with Crippen molar-refractivity contribution < 1.29 is 25.2 Å². The zero-order valence-electron chi connectivity index (χ0n) is 23.3. The number of aliphatic hydroxyl groups excluding tert-OH is 1. The molecule has 2 atom stereocenters. The third-order valence-corrected chi connectivity index (χ3v) is 6.58. The molecule has 2 N–H and O–H groups in total. The van der Waals surface area contributed by atoms with Crippen LogP contribution in [0.1, 0.15) is 79.9 Å². The molecule has 1 aromatic rings. The minimum atomic E-state index is -1.57. The van der Waals surface area contributed by atoms with Crippen LogP contribution >= 0.6 is 8.53 Å². The molecular weight excluding hydrogens is 459 g/mol. The van der Waals surface area contributed by atoms with Gasteiger partial charge in [0.05, 0.1) is 16.6 Å². The largest absolute Gasteiger partial charge is 0.425 e. The summed E-state index contributed by atoms with van der Waals surface area (Å²) in [4.78, 5) is 27.2. The van der Waals surface area contributed by atoms with Crippen LogP contribution in [0.3, 0.4) is 0 Å². The van der Waals surface area contributed by atoms with Gasteiger partial charge in [0.25, 0.3) is 5.69 Å². The summed E-state index contributed by atoms with van der Waals surface area (Å²) in [5.41, 5.74) is 1.09. The number of hydrogen-bond acceptors (Lipinski definition) is 8. The molecule has 0 aliphatic rings. The quantitative estimate of drug-likeness (QED) is 0.119. The molecule has 0 aromatic heterocycles. The Morgan fingerprint density at radius 1 is 1.41 bits per heavy atom. The number of carbonyl (C=O) groups excluding carboxylic acids is 1. The lowest BCUT2D eigenvalue weighted by molar-refractivity contribution is -0.386. The summed E-state index contributed by atoms with van der Waals surface area (Å²) < 4.78 is 27.0. The lowest BCUT2D eigenvalue weighted by atomic mass is 10.0. The third kappa shape index (κ3) is 10.9. The van der Waals surface area contributed by atoms with E-state index in [9.17, 15) is 14.9 Å². The summed E-state index contributed by atoms with van der Waals surface area (Å²) in [5, 5.41) is 18.0. The number of rotatable bonds is 14. The predicted octanol–water partition coefficient (Wildman–Crippen LogP) is 5.11. The highest BCUT2D eigenvalue weighted by Crippen LogP contribution is 2.49. The van der Waals surface area contributed by atoms with Gasteiger partial charge in [0, 0.05) is 46.1 Å². The van der Waals surface area contributed by atoms with Crippen LogP contribution < -0.4 is 5.32 Å². The second-order valence-corrected chi connectivity index (χ2v) is 9.15. The van der Waals surface area contributed by atoms with Crippen molar-refractivity contribution >= 4 is 26.5 Å². The maximum absolute atomic E-state index is 11.9. The van der Waals surface area contributed by atoms with Crippen LogP contribution in [-0.2, 0) is 20.4 Å². The molecule has 0 radical (unpaired) electrons. The van der Waals surface area contributed by atoms with E-state index in [0.29, 0.717) is 18.5 Å². The number of nitro groups is 1. The number of aliphatic hydroxyl groups is 1. The van der Waals surface area contributed by atoms with Gasteiger partial charge in [-0.05, 0) is 59.6 Å². The number of aliphatic imine (C=N–C) groups is 1. The van der Waals surface area contributed by atoms with E-state index in [1.165, 1.54) is 19.6 Å². The summed E-state index contributed by atoms with van der Waals surface area (Å²) in [6.07, 6.45) is 1.53. The van der Waals surface area contributed by atoms with Crippen LogP contribution in [-0.4, -0.2) is 54.2 Å². The fourth-order valence-corrected chi connectivity index (χ4v) is 4.66. The average molecular weight is 504 g/mol. The molecule has 1 rings (SSSR count). The van der Waals surface area contributed by atoms with Crippen molar-refractivity contribution in [1.29, 1.82) is 1.43 Å². The van der Waals surface area contributed by atoms with E-state index in [1.54, 1.807) is 19.1 Å². The van der Waals surface area contributed by atoms with E-state index in [4.69, 9.17) is 11.8 Å². The Morgan fingerprint density at radius 3 is 2.59 bits per heavy atom. The second-order valence-electron chi connectivity index (χ2n) is 7.79. The van der Waals surface area contributed by atoms with Gasteiger partial charge in [-0.1, -0.05) is 13.0 Å². The average Bonchev–Trinajstić information content (AvgIpc) is 2.81. The molecule has 10 nitrogen and oxygen atoms in total. The van der Waals surface area contributed by atoms with Crippen molar-refractivity contribution in [2.75, 3.05) is 13.7 Å². The molecule has 1 aromatic carbocycles. The minimum absolute atomic E-state index is 0.0513. The molecule has 11 heteroatoms. The Balaban J connectivity index is 0.00000387. The maximum atomic E-state index is 11.9. The molecule has 0 aliphatic carbocycles. The smallest absolute Gasteiger partial charge is 0.322 e. The van der Waals surface area contributed by atoms with E-state index < -0.39 is 19.6 Å². The van der Waals surface area contributed by atoms with Crippen LogP contribution in [0.5, 0.6) is 0 Å². The molecule has 34 heavy (non-hydrogen) atoms. The van der Waals surface area contributed by atoms with Crippen LogP contribution in [0.4, 0.5) is 5.69 Å². The van der Waals surface area contributed by atoms with Crippen LogP contribution in [0.2, 0.25) is 0 Å². The van der Waals surface area contributed by atoms with Crippen molar-refractivity contribution in [2.45, 2.75) is 86.0 Å². The Labute approximate surface area is 207 Å². The minimum Gasteiger partial charge on any atom is -0.425 e. The lowest BCUT2D eigenvalue weighted by Crippen LogP contribution is -2.33. The molecule has 0 heterocycles. The fourth-order valence-electron chi connectivity index (χ4n) is 3.10. The number of nitrogens with one attached hydrogen (secondary N) is 1. The van der Waals surface area contributed by atoms with Crippen LogP contribution in [0.25, 0.3) is 0 Å². The Morgan fingerprint density at radius 2 is 2.06 bits per heavy atom. The highest BCUT2D eigenvalue weighted by molar-refractivity contribution is 7.45. The molecule has 0 fully saturated rings. The van der Waals surface area contributed by atoms with Gasteiger partial charge in [-0.25, -0.2) is 4.67 Å². The molecule has 0 aliphatic heterocycles. The highest BCUT2D eigenvalue weighted by atomic mass is 31.2. The van der Waals surface area contributed by atoms with Gasteiger partial charge < -0.3 is 19.5 Å². The Hall–Kier alpha value is -2.13. The molecule has 194 valence electrons. The first-order valence-corrected chi connectivity index (χ1v) is 12.4. The topological polar surface area (TPSA) is 127 Å². The van der Waals surface area contributed by atoms with Crippen molar-refractivity contribution in [1.82, 2.24) is 9.99 Å². The lowest BCUT2D eigenvalue weighted by Gasteiger charge is -2.35. The maximum Gasteiger partial charge on any atom is 0.322 e. The highest BCUT2D eigenvalue weighted by Gasteiger charge is 2.32. The number of nitrogens with zero attached hydrogens (tertiary/aromatic N) is 3.